The highest BCUT2D eigenvalue weighted by molar-refractivity contribution is 5.44. The molecule has 0 aliphatic carbocycles. The summed E-state index contributed by atoms with van der Waals surface area (Å²) in [7, 11) is 0. The van der Waals surface area contributed by atoms with E-state index < -0.39 is 0 Å². The van der Waals surface area contributed by atoms with Gasteiger partial charge in [0.2, 0.25) is 0 Å². The standard InChI is InChI=1S/C16H23N3/c1-4-14(17)10-13-7-6-12(3)15(11-13)19-9-8-18-16(19)5-2/h6-9,11,14H,4-5,10,17H2,1-3H3. The number of imidazole rings is 1. The van der Waals surface area contributed by atoms with E-state index in [0.29, 0.717) is 0 Å². The van der Waals surface area contributed by atoms with Gasteiger partial charge in [0.1, 0.15) is 5.82 Å². The average molecular weight is 257 g/mol. The maximum Gasteiger partial charge on any atom is 0.112 e. The minimum Gasteiger partial charge on any atom is -0.327 e. The highest BCUT2D eigenvalue weighted by atomic mass is 15.1. The van der Waals surface area contributed by atoms with Gasteiger partial charge in [-0.25, -0.2) is 4.98 Å². The zero-order valence-electron chi connectivity index (χ0n) is 12.1. The number of hydrogen-bond acceptors (Lipinski definition) is 2. The number of hydrogen-bond donors (Lipinski definition) is 1. The minimum absolute atomic E-state index is 0.240. The van der Waals surface area contributed by atoms with Crippen LogP contribution < -0.4 is 5.73 Å². The monoisotopic (exact) mass is 257 g/mol. The van der Waals surface area contributed by atoms with Crippen LogP contribution in [0.4, 0.5) is 0 Å². The lowest BCUT2D eigenvalue weighted by molar-refractivity contribution is 0.646. The highest BCUT2D eigenvalue weighted by Crippen LogP contribution is 2.19. The van der Waals surface area contributed by atoms with Crippen molar-refractivity contribution in [3.05, 3.63) is 47.5 Å². The van der Waals surface area contributed by atoms with Gasteiger partial charge in [-0.2, -0.15) is 0 Å². The molecule has 1 atom stereocenters. The van der Waals surface area contributed by atoms with Crippen LogP contribution in [0.3, 0.4) is 0 Å². The summed E-state index contributed by atoms with van der Waals surface area (Å²) < 4.78 is 2.18. The fraction of sp³-hybridized carbons (Fsp3) is 0.438. The van der Waals surface area contributed by atoms with Crippen molar-refractivity contribution in [2.45, 2.75) is 46.1 Å². The van der Waals surface area contributed by atoms with E-state index in [9.17, 15) is 0 Å². The molecule has 2 aromatic rings. The predicted molar refractivity (Wildman–Crippen MR) is 79.6 cm³/mol. The number of nitrogens with two attached hydrogens (primary N) is 1. The highest BCUT2D eigenvalue weighted by Gasteiger charge is 2.08. The third-order valence-electron chi connectivity index (χ3n) is 3.59. The first-order valence-electron chi connectivity index (χ1n) is 7.03. The first kappa shape index (κ1) is 13.8. The van der Waals surface area contributed by atoms with Crippen LogP contribution in [0.15, 0.2) is 30.6 Å². The van der Waals surface area contributed by atoms with Gasteiger partial charge in [0.25, 0.3) is 0 Å². The molecule has 3 heteroatoms. The second-order valence-electron chi connectivity index (χ2n) is 5.06. The first-order chi connectivity index (χ1) is 9.15. The van der Waals surface area contributed by atoms with E-state index in [4.69, 9.17) is 5.73 Å². The van der Waals surface area contributed by atoms with Crippen LogP contribution in [-0.2, 0) is 12.8 Å². The van der Waals surface area contributed by atoms with Gasteiger partial charge in [-0.1, -0.05) is 26.0 Å². The topological polar surface area (TPSA) is 43.8 Å². The molecule has 1 unspecified atom stereocenters. The van der Waals surface area contributed by atoms with Gasteiger partial charge in [-0.3, -0.25) is 0 Å². The van der Waals surface area contributed by atoms with Crippen molar-refractivity contribution >= 4 is 0 Å². The van der Waals surface area contributed by atoms with Crippen LogP contribution in [0.5, 0.6) is 0 Å². The normalized spacial score (nSPS) is 12.6. The van der Waals surface area contributed by atoms with Crippen molar-refractivity contribution in [1.82, 2.24) is 9.55 Å². The Bertz CT molecular complexity index is 543. The molecular weight excluding hydrogens is 234 g/mol. The van der Waals surface area contributed by atoms with Gasteiger partial charge in [-0.05, 0) is 37.0 Å². The lowest BCUT2D eigenvalue weighted by atomic mass is 10.0. The number of benzene rings is 1. The molecule has 1 heterocycles. The van der Waals surface area contributed by atoms with Crippen molar-refractivity contribution < 1.29 is 0 Å². The second kappa shape index (κ2) is 6.02. The largest absolute Gasteiger partial charge is 0.327 e. The van der Waals surface area contributed by atoms with Crippen molar-refractivity contribution in [1.29, 1.82) is 0 Å². The van der Waals surface area contributed by atoms with Crippen LogP contribution in [0.25, 0.3) is 5.69 Å². The molecule has 0 fully saturated rings. The maximum absolute atomic E-state index is 6.05. The molecule has 102 valence electrons. The van der Waals surface area contributed by atoms with Gasteiger partial charge >= 0.3 is 0 Å². The van der Waals surface area contributed by atoms with Crippen molar-refractivity contribution in [2.75, 3.05) is 0 Å². The Morgan fingerprint density at radius 2 is 2.11 bits per heavy atom. The summed E-state index contributed by atoms with van der Waals surface area (Å²) in [5.41, 5.74) is 9.83. The van der Waals surface area contributed by atoms with Gasteiger partial charge in [0.05, 0.1) is 0 Å². The van der Waals surface area contributed by atoms with Crippen LogP contribution in [0, 0.1) is 6.92 Å². The summed E-state index contributed by atoms with van der Waals surface area (Å²) in [5, 5.41) is 0. The van der Waals surface area contributed by atoms with E-state index in [1.807, 2.05) is 12.4 Å². The average Bonchev–Trinajstić information content (AvgIpc) is 2.89. The fourth-order valence-electron chi connectivity index (χ4n) is 2.30. The molecule has 0 radical (unpaired) electrons. The Balaban J connectivity index is 2.37. The fourth-order valence-corrected chi connectivity index (χ4v) is 2.30. The van der Waals surface area contributed by atoms with Crippen LogP contribution >= 0.6 is 0 Å². The molecule has 0 bridgehead atoms. The van der Waals surface area contributed by atoms with Gasteiger partial charge in [-0.15, -0.1) is 0 Å². The van der Waals surface area contributed by atoms with Gasteiger partial charge in [0, 0.05) is 30.5 Å². The number of aryl methyl sites for hydroxylation is 2. The summed E-state index contributed by atoms with van der Waals surface area (Å²) in [6.45, 7) is 6.40. The van der Waals surface area contributed by atoms with Crippen molar-refractivity contribution in [3.63, 3.8) is 0 Å². The molecule has 0 aliphatic heterocycles. The molecule has 1 aromatic heterocycles. The Kier molecular flexibility index (Phi) is 4.38. The SMILES string of the molecule is CCc1nccn1-c1cc(CC(N)CC)ccc1C. The van der Waals surface area contributed by atoms with E-state index in [1.54, 1.807) is 0 Å². The molecule has 0 saturated carbocycles. The number of rotatable bonds is 5. The van der Waals surface area contributed by atoms with Crippen molar-refractivity contribution in [2.24, 2.45) is 5.73 Å². The quantitative estimate of drug-likeness (QED) is 0.894. The summed E-state index contributed by atoms with van der Waals surface area (Å²) in [6.07, 6.45) is 6.77. The molecule has 0 aliphatic rings. The maximum atomic E-state index is 6.05. The molecule has 2 N–H and O–H groups in total. The molecule has 2 rings (SSSR count). The van der Waals surface area contributed by atoms with Crippen LogP contribution in [0.2, 0.25) is 0 Å². The van der Waals surface area contributed by atoms with E-state index in [2.05, 4.69) is 48.5 Å². The summed E-state index contributed by atoms with van der Waals surface area (Å²) in [4.78, 5) is 4.40. The van der Waals surface area contributed by atoms with Gasteiger partial charge < -0.3 is 10.3 Å². The third kappa shape index (κ3) is 3.04. The number of nitrogens with zero attached hydrogens (tertiary/aromatic N) is 2. The van der Waals surface area contributed by atoms with Crippen LogP contribution in [0.1, 0.15) is 37.2 Å². The molecule has 0 saturated heterocycles. The molecular formula is C16H23N3. The van der Waals surface area contributed by atoms with E-state index in [-0.39, 0.29) is 6.04 Å². The lowest BCUT2D eigenvalue weighted by Gasteiger charge is -2.14. The Morgan fingerprint density at radius 1 is 1.32 bits per heavy atom. The molecule has 19 heavy (non-hydrogen) atoms. The summed E-state index contributed by atoms with van der Waals surface area (Å²) in [5.74, 6) is 1.10. The molecule has 0 spiro atoms. The summed E-state index contributed by atoms with van der Waals surface area (Å²) in [6, 6.07) is 6.83. The Labute approximate surface area is 115 Å². The van der Waals surface area contributed by atoms with Crippen molar-refractivity contribution in [3.8, 4) is 5.69 Å². The van der Waals surface area contributed by atoms with Crippen LogP contribution in [-0.4, -0.2) is 15.6 Å². The second-order valence-corrected chi connectivity index (χ2v) is 5.06. The summed E-state index contributed by atoms with van der Waals surface area (Å²) >= 11 is 0. The molecule has 3 nitrogen and oxygen atoms in total. The Morgan fingerprint density at radius 3 is 2.79 bits per heavy atom. The van der Waals surface area contributed by atoms with E-state index in [0.717, 1.165) is 25.1 Å². The predicted octanol–water partition coefficient (Wildman–Crippen LogP) is 3.02. The smallest absolute Gasteiger partial charge is 0.112 e. The zero-order chi connectivity index (χ0) is 13.8. The first-order valence-corrected chi connectivity index (χ1v) is 7.03. The Hall–Kier alpha value is -1.61. The van der Waals surface area contributed by atoms with E-state index >= 15 is 0 Å². The third-order valence-corrected chi connectivity index (χ3v) is 3.59. The lowest BCUT2D eigenvalue weighted by Crippen LogP contribution is -2.21. The van der Waals surface area contributed by atoms with E-state index in [1.165, 1.54) is 16.8 Å². The minimum atomic E-state index is 0.240. The van der Waals surface area contributed by atoms with Gasteiger partial charge in [0.15, 0.2) is 0 Å². The zero-order valence-corrected chi connectivity index (χ0v) is 12.1. The molecule has 1 aromatic carbocycles. The number of aromatic nitrogens is 2. The molecule has 0 amide bonds.